The molecule has 0 spiro atoms. The molecule has 1 fully saturated rings. The predicted molar refractivity (Wildman–Crippen MR) is 79.3 cm³/mol. The summed E-state index contributed by atoms with van der Waals surface area (Å²) in [7, 11) is 0. The maximum absolute atomic E-state index is 11.6. The Kier molecular flexibility index (Phi) is 5.15. The van der Waals surface area contributed by atoms with E-state index in [1.54, 1.807) is 6.92 Å². The average Bonchev–Trinajstić information content (AvgIpc) is 2.46. The summed E-state index contributed by atoms with van der Waals surface area (Å²) in [6.07, 6.45) is 5.58. The van der Waals surface area contributed by atoms with Gasteiger partial charge in [-0.05, 0) is 50.4 Å². The zero-order chi connectivity index (χ0) is 13.7. The Labute approximate surface area is 116 Å². The third-order valence-electron chi connectivity index (χ3n) is 4.08. The molecule has 1 aromatic carbocycles. The number of piperidine rings is 1. The van der Waals surface area contributed by atoms with Gasteiger partial charge in [0, 0.05) is 12.5 Å². The molecule has 0 amide bonds. The number of hydrogen-bond acceptors (Lipinski definition) is 2. The number of ketones is 1. The van der Waals surface area contributed by atoms with Crippen molar-refractivity contribution in [2.24, 2.45) is 0 Å². The van der Waals surface area contributed by atoms with Gasteiger partial charge in [0.05, 0.1) is 0 Å². The molecule has 2 heteroatoms. The standard InChI is InChI=1S/C17H25NO/c1-3-15-7-9-16(10-8-15)17(13-14(2)19)18-11-5-4-6-12-18/h7-10,17H,3-6,11-13H2,1-2H3. The second-order valence-electron chi connectivity index (χ2n) is 5.61. The van der Waals surface area contributed by atoms with Crippen LogP contribution in [0.1, 0.15) is 56.7 Å². The van der Waals surface area contributed by atoms with Gasteiger partial charge in [0.25, 0.3) is 0 Å². The van der Waals surface area contributed by atoms with E-state index in [1.807, 2.05) is 0 Å². The lowest BCUT2D eigenvalue weighted by Crippen LogP contribution is -2.34. The number of aryl methyl sites for hydroxylation is 1. The molecular weight excluding hydrogens is 234 g/mol. The summed E-state index contributed by atoms with van der Waals surface area (Å²) in [5.74, 6) is 0.287. The number of hydrogen-bond donors (Lipinski definition) is 0. The predicted octanol–water partition coefficient (Wildman–Crippen LogP) is 3.76. The number of carbonyl (C=O) groups excluding carboxylic acids is 1. The highest BCUT2D eigenvalue weighted by molar-refractivity contribution is 5.76. The molecule has 1 aliphatic heterocycles. The Morgan fingerprint density at radius 1 is 1.16 bits per heavy atom. The van der Waals surface area contributed by atoms with Gasteiger partial charge in [0.2, 0.25) is 0 Å². The minimum atomic E-state index is 0.281. The molecule has 1 atom stereocenters. The summed E-state index contributed by atoms with van der Waals surface area (Å²) in [6.45, 7) is 6.14. The van der Waals surface area contributed by atoms with E-state index in [2.05, 4.69) is 36.1 Å². The maximum atomic E-state index is 11.6. The molecule has 104 valence electrons. The highest BCUT2D eigenvalue weighted by atomic mass is 16.1. The number of likely N-dealkylation sites (tertiary alicyclic amines) is 1. The monoisotopic (exact) mass is 259 g/mol. The fourth-order valence-corrected chi connectivity index (χ4v) is 2.94. The van der Waals surface area contributed by atoms with Crippen LogP contribution in [0.4, 0.5) is 0 Å². The third kappa shape index (κ3) is 3.90. The minimum Gasteiger partial charge on any atom is -0.300 e. The van der Waals surface area contributed by atoms with Crippen LogP contribution in [-0.2, 0) is 11.2 Å². The van der Waals surface area contributed by atoms with Gasteiger partial charge in [0.15, 0.2) is 0 Å². The van der Waals surface area contributed by atoms with Gasteiger partial charge in [-0.1, -0.05) is 37.6 Å². The van der Waals surface area contributed by atoms with Crippen molar-refractivity contribution in [1.82, 2.24) is 4.90 Å². The summed E-state index contributed by atoms with van der Waals surface area (Å²) in [4.78, 5) is 14.1. The summed E-state index contributed by atoms with van der Waals surface area (Å²) in [5, 5.41) is 0. The van der Waals surface area contributed by atoms with Crippen molar-refractivity contribution < 1.29 is 4.79 Å². The Balaban J connectivity index is 2.17. The molecular formula is C17H25NO. The van der Waals surface area contributed by atoms with Gasteiger partial charge in [-0.25, -0.2) is 0 Å². The highest BCUT2D eigenvalue weighted by Crippen LogP contribution is 2.28. The van der Waals surface area contributed by atoms with E-state index in [0.29, 0.717) is 6.42 Å². The molecule has 1 saturated heterocycles. The summed E-state index contributed by atoms with van der Waals surface area (Å²) < 4.78 is 0. The quantitative estimate of drug-likeness (QED) is 0.802. The van der Waals surface area contributed by atoms with Gasteiger partial charge in [0.1, 0.15) is 5.78 Å². The molecule has 1 unspecified atom stereocenters. The maximum Gasteiger partial charge on any atom is 0.131 e. The first-order chi connectivity index (χ1) is 9.20. The van der Waals surface area contributed by atoms with Crippen molar-refractivity contribution in [3.63, 3.8) is 0 Å². The number of benzene rings is 1. The van der Waals surface area contributed by atoms with Crippen LogP contribution in [0.5, 0.6) is 0 Å². The lowest BCUT2D eigenvalue weighted by molar-refractivity contribution is -0.118. The second-order valence-corrected chi connectivity index (χ2v) is 5.61. The van der Waals surface area contributed by atoms with Crippen LogP contribution in [0.2, 0.25) is 0 Å². The topological polar surface area (TPSA) is 20.3 Å². The van der Waals surface area contributed by atoms with E-state index in [4.69, 9.17) is 0 Å². The lowest BCUT2D eigenvalue weighted by atomic mass is 9.96. The molecule has 2 rings (SSSR count). The highest BCUT2D eigenvalue weighted by Gasteiger charge is 2.23. The van der Waals surface area contributed by atoms with Crippen molar-refractivity contribution in [3.05, 3.63) is 35.4 Å². The van der Waals surface area contributed by atoms with Crippen molar-refractivity contribution in [2.45, 2.75) is 52.0 Å². The van der Waals surface area contributed by atoms with Gasteiger partial charge in [-0.2, -0.15) is 0 Å². The Bertz CT molecular complexity index is 404. The number of carbonyl (C=O) groups is 1. The molecule has 0 saturated carbocycles. The largest absolute Gasteiger partial charge is 0.300 e. The van der Waals surface area contributed by atoms with Crippen LogP contribution in [-0.4, -0.2) is 23.8 Å². The average molecular weight is 259 g/mol. The lowest BCUT2D eigenvalue weighted by Gasteiger charge is -2.34. The van der Waals surface area contributed by atoms with Crippen LogP contribution in [0.15, 0.2) is 24.3 Å². The third-order valence-corrected chi connectivity index (χ3v) is 4.08. The molecule has 1 aromatic rings. The van der Waals surface area contributed by atoms with Crippen molar-refractivity contribution in [1.29, 1.82) is 0 Å². The van der Waals surface area contributed by atoms with E-state index in [1.165, 1.54) is 30.4 Å². The molecule has 19 heavy (non-hydrogen) atoms. The molecule has 1 heterocycles. The zero-order valence-electron chi connectivity index (χ0n) is 12.2. The Morgan fingerprint density at radius 3 is 2.32 bits per heavy atom. The molecule has 2 nitrogen and oxygen atoms in total. The minimum absolute atomic E-state index is 0.281. The van der Waals surface area contributed by atoms with E-state index in [9.17, 15) is 4.79 Å². The van der Waals surface area contributed by atoms with Crippen molar-refractivity contribution in [3.8, 4) is 0 Å². The first kappa shape index (κ1) is 14.3. The molecule has 0 bridgehead atoms. The molecule has 0 aliphatic carbocycles. The first-order valence-electron chi connectivity index (χ1n) is 7.53. The SMILES string of the molecule is CCc1ccc(C(CC(C)=O)N2CCCCC2)cc1. The van der Waals surface area contributed by atoms with Gasteiger partial charge < -0.3 is 0 Å². The summed E-state index contributed by atoms with van der Waals surface area (Å²) >= 11 is 0. The smallest absolute Gasteiger partial charge is 0.131 e. The Hall–Kier alpha value is -1.15. The van der Waals surface area contributed by atoms with E-state index < -0.39 is 0 Å². The van der Waals surface area contributed by atoms with Gasteiger partial charge in [-0.3, -0.25) is 9.69 Å². The zero-order valence-corrected chi connectivity index (χ0v) is 12.2. The van der Waals surface area contributed by atoms with Crippen molar-refractivity contribution >= 4 is 5.78 Å². The van der Waals surface area contributed by atoms with Crippen LogP contribution >= 0.6 is 0 Å². The number of rotatable bonds is 5. The van der Waals surface area contributed by atoms with Gasteiger partial charge >= 0.3 is 0 Å². The fourth-order valence-electron chi connectivity index (χ4n) is 2.94. The van der Waals surface area contributed by atoms with E-state index in [0.717, 1.165) is 19.5 Å². The van der Waals surface area contributed by atoms with Crippen LogP contribution < -0.4 is 0 Å². The number of nitrogens with zero attached hydrogens (tertiary/aromatic N) is 1. The van der Waals surface area contributed by atoms with Gasteiger partial charge in [-0.15, -0.1) is 0 Å². The first-order valence-corrected chi connectivity index (χ1v) is 7.53. The van der Waals surface area contributed by atoms with Crippen LogP contribution in [0, 0.1) is 0 Å². The Morgan fingerprint density at radius 2 is 1.79 bits per heavy atom. The van der Waals surface area contributed by atoms with Crippen molar-refractivity contribution in [2.75, 3.05) is 13.1 Å². The second kappa shape index (κ2) is 6.85. The van der Waals surface area contributed by atoms with E-state index >= 15 is 0 Å². The van der Waals surface area contributed by atoms with Crippen LogP contribution in [0.25, 0.3) is 0 Å². The number of Topliss-reactive ketones (excluding diaryl/α,β-unsaturated/α-hetero) is 1. The molecule has 0 N–H and O–H groups in total. The normalized spacial score (nSPS) is 18.2. The van der Waals surface area contributed by atoms with Crippen LogP contribution in [0.3, 0.4) is 0 Å². The molecule has 0 aromatic heterocycles. The fraction of sp³-hybridized carbons (Fsp3) is 0.588. The van der Waals surface area contributed by atoms with E-state index in [-0.39, 0.29) is 11.8 Å². The molecule has 1 aliphatic rings. The summed E-state index contributed by atoms with van der Waals surface area (Å²) in [6, 6.07) is 9.10. The molecule has 0 radical (unpaired) electrons. The summed E-state index contributed by atoms with van der Waals surface area (Å²) in [5.41, 5.74) is 2.67.